The molecule has 0 amide bonds. The van der Waals surface area contributed by atoms with Gasteiger partial charge in [-0.15, -0.1) is 0 Å². The summed E-state index contributed by atoms with van der Waals surface area (Å²) in [4.78, 5) is 10.9. The summed E-state index contributed by atoms with van der Waals surface area (Å²) in [5.74, 6) is -0.234. The molecule has 1 aromatic carbocycles. The zero-order valence-corrected chi connectivity index (χ0v) is 8.77. The van der Waals surface area contributed by atoms with E-state index in [-0.39, 0.29) is 5.97 Å². The van der Waals surface area contributed by atoms with Gasteiger partial charge >= 0.3 is 5.97 Å². The number of esters is 1. The third-order valence-electron chi connectivity index (χ3n) is 2.03. The Hall–Kier alpha value is -1.83. The fourth-order valence-corrected chi connectivity index (χ4v) is 1.21. The molecular weight excluding hydrogens is 188 g/mol. The highest BCUT2D eigenvalue weighted by Crippen LogP contribution is 2.12. The molecule has 0 bridgehead atoms. The van der Waals surface area contributed by atoms with E-state index >= 15 is 0 Å². The molecule has 78 valence electrons. The molecule has 0 spiro atoms. The topological polar surface area (TPSA) is 26.3 Å². The molecule has 0 fully saturated rings. The van der Waals surface area contributed by atoms with Gasteiger partial charge in [0, 0.05) is 0 Å². The highest BCUT2D eigenvalue weighted by atomic mass is 16.5. The number of benzene rings is 1. The Morgan fingerprint density at radius 1 is 1.40 bits per heavy atom. The van der Waals surface area contributed by atoms with Crippen molar-refractivity contribution < 1.29 is 9.53 Å². The molecule has 15 heavy (non-hydrogen) atoms. The molecule has 2 heteroatoms. The Morgan fingerprint density at radius 3 is 2.67 bits per heavy atom. The Labute approximate surface area is 89.9 Å². The van der Waals surface area contributed by atoms with Crippen LogP contribution in [0.2, 0.25) is 0 Å². The summed E-state index contributed by atoms with van der Waals surface area (Å²) in [5.41, 5.74) is 2.11. The van der Waals surface area contributed by atoms with Crippen molar-refractivity contribution in [1.82, 2.24) is 0 Å². The Bertz CT molecular complexity index is 378. The number of methoxy groups -OCH3 is 1. The Kier molecular flexibility index (Phi) is 4.35. The van der Waals surface area contributed by atoms with E-state index in [4.69, 9.17) is 0 Å². The number of carbonyl (C=O) groups is 1. The van der Waals surface area contributed by atoms with Crippen molar-refractivity contribution in [3.05, 3.63) is 48.0 Å². The molecule has 1 aromatic rings. The summed E-state index contributed by atoms with van der Waals surface area (Å²) >= 11 is 0. The van der Waals surface area contributed by atoms with Crippen LogP contribution < -0.4 is 0 Å². The first-order chi connectivity index (χ1) is 7.27. The van der Waals surface area contributed by atoms with Crippen molar-refractivity contribution in [2.45, 2.75) is 6.42 Å². The largest absolute Gasteiger partial charge is 0.469 e. The first-order valence-electron chi connectivity index (χ1n) is 4.72. The van der Waals surface area contributed by atoms with E-state index in [0.717, 1.165) is 11.1 Å². The molecule has 0 aliphatic heterocycles. The maximum Gasteiger partial charge on any atom is 0.309 e. The van der Waals surface area contributed by atoms with Crippen molar-refractivity contribution in [3.8, 4) is 0 Å². The summed E-state index contributed by atoms with van der Waals surface area (Å²) in [6.07, 6.45) is 5.77. The monoisotopic (exact) mass is 202 g/mol. The highest BCUT2D eigenvalue weighted by molar-refractivity contribution is 5.73. The molecule has 0 saturated heterocycles. The minimum Gasteiger partial charge on any atom is -0.469 e. The van der Waals surface area contributed by atoms with Crippen molar-refractivity contribution in [3.63, 3.8) is 0 Å². The number of hydrogen-bond donors (Lipinski definition) is 0. The van der Waals surface area contributed by atoms with Gasteiger partial charge in [0.25, 0.3) is 0 Å². The zero-order valence-electron chi connectivity index (χ0n) is 8.77. The molecule has 0 unspecified atom stereocenters. The number of ether oxygens (including phenoxy) is 1. The fraction of sp³-hybridized carbons (Fsp3) is 0.154. The Morgan fingerprint density at radius 2 is 2.07 bits per heavy atom. The summed E-state index contributed by atoms with van der Waals surface area (Å²) in [5, 5.41) is 0. The van der Waals surface area contributed by atoms with Crippen molar-refractivity contribution >= 4 is 18.1 Å². The van der Waals surface area contributed by atoms with E-state index in [9.17, 15) is 4.79 Å². The predicted molar refractivity (Wildman–Crippen MR) is 62.2 cm³/mol. The zero-order chi connectivity index (χ0) is 11.1. The van der Waals surface area contributed by atoms with Crippen LogP contribution in [0.1, 0.15) is 17.5 Å². The van der Waals surface area contributed by atoms with Crippen LogP contribution >= 0.6 is 0 Å². The lowest BCUT2D eigenvalue weighted by atomic mass is 10.1. The second-order valence-corrected chi connectivity index (χ2v) is 3.02. The van der Waals surface area contributed by atoms with Crippen LogP contribution in [0.25, 0.3) is 12.2 Å². The second-order valence-electron chi connectivity index (χ2n) is 3.02. The molecule has 0 atom stereocenters. The van der Waals surface area contributed by atoms with E-state index in [2.05, 4.69) is 11.3 Å². The van der Waals surface area contributed by atoms with Crippen molar-refractivity contribution in [2.75, 3.05) is 7.11 Å². The lowest BCUT2D eigenvalue weighted by Gasteiger charge is -1.99. The molecule has 0 aliphatic rings. The molecule has 1 rings (SSSR count). The number of carbonyl (C=O) groups excluding carboxylic acids is 1. The quantitative estimate of drug-likeness (QED) is 0.702. The number of hydrogen-bond acceptors (Lipinski definition) is 2. The lowest BCUT2D eigenvalue weighted by Crippen LogP contribution is -1.96. The molecular formula is C13H14O2. The Balaban J connectivity index is 2.71. The van der Waals surface area contributed by atoms with Crippen LogP contribution in [0.15, 0.2) is 36.9 Å². The predicted octanol–water partition coefficient (Wildman–Crippen LogP) is 2.91. The average molecular weight is 202 g/mol. The highest BCUT2D eigenvalue weighted by Gasteiger charge is 1.96. The molecule has 0 heterocycles. The van der Waals surface area contributed by atoms with Gasteiger partial charge in [0.2, 0.25) is 0 Å². The fourth-order valence-electron chi connectivity index (χ4n) is 1.21. The molecule has 0 N–H and O–H groups in total. The maximum absolute atomic E-state index is 10.9. The van der Waals surface area contributed by atoms with Gasteiger partial charge in [-0.2, -0.15) is 0 Å². The van der Waals surface area contributed by atoms with E-state index in [1.54, 1.807) is 12.2 Å². The van der Waals surface area contributed by atoms with Gasteiger partial charge in [-0.05, 0) is 11.1 Å². The maximum atomic E-state index is 10.9. The van der Waals surface area contributed by atoms with Crippen molar-refractivity contribution in [1.29, 1.82) is 0 Å². The summed E-state index contributed by atoms with van der Waals surface area (Å²) in [6, 6.07) is 7.86. The minimum atomic E-state index is -0.234. The second kappa shape index (κ2) is 5.81. The smallest absolute Gasteiger partial charge is 0.309 e. The van der Waals surface area contributed by atoms with Gasteiger partial charge in [-0.1, -0.05) is 49.1 Å². The summed E-state index contributed by atoms with van der Waals surface area (Å²) in [7, 11) is 1.38. The number of rotatable bonds is 4. The van der Waals surface area contributed by atoms with Gasteiger partial charge in [0.05, 0.1) is 13.5 Å². The van der Waals surface area contributed by atoms with Crippen LogP contribution in [0.5, 0.6) is 0 Å². The first kappa shape index (κ1) is 11.2. The third-order valence-corrected chi connectivity index (χ3v) is 2.03. The van der Waals surface area contributed by atoms with Gasteiger partial charge in [-0.3, -0.25) is 4.79 Å². The van der Waals surface area contributed by atoms with Gasteiger partial charge < -0.3 is 4.74 Å². The third kappa shape index (κ3) is 3.43. The first-order valence-corrected chi connectivity index (χ1v) is 4.72. The standard InChI is InChI=1S/C13H14O2/c1-3-11-7-4-5-8-12(11)9-6-10-13(14)15-2/h3-9H,1,10H2,2H3. The summed E-state index contributed by atoms with van der Waals surface area (Å²) < 4.78 is 4.53. The minimum absolute atomic E-state index is 0.234. The van der Waals surface area contributed by atoms with E-state index in [0.29, 0.717) is 6.42 Å². The van der Waals surface area contributed by atoms with Crippen LogP contribution in [-0.2, 0) is 9.53 Å². The molecule has 0 aliphatic carbocycles. The van der Waals surface area contributed by atoms with Crippen molar-refractivity contribution in [2.24, 2.45) is 0 Å². The van der Waals surface area contributed by atoms with E-state index < -0.39 is 0 Å². The lowest BCUT2D eigenvalue weighted by molar-refractivity contribution is -0.139. The average Bonchev–Trinajstić information content (AvgIpc) is 2.29. The molecule has 0 saturated carbocycles. The van der Waals surface area contributed by atoms with E-state index in [1.807, 2.05) is 30.3 Å². The van der Waals surface area contributed by atoms with E-state index in [1.165, 1.54) is 7.11 Å². The van der Waals surface area contributed by atoms with Crippen LogP contribution in [-0.4, -0.2) is 13.1 Å². The molecule has 0 aromatic heterocycles. The molecule has 0 radical (unpaired) electrons. The summed E-state index contributed by atoms with van der Waals surface area (Å²) in [6.45, 7) is 3.73. The SMILES string of the molecule is C=Cc1ccccc1C=CCC(=O)OC. The van der Waals surface area contributed by atoms with Gasteiger partial charge in [-0.25, -0.2) is 0 Å². The molecule has 2 nitrogen and oxygen atoms in total. The van der Waals surface area contributed by atoms with Crippen LogP contribution in [0, 0.1) is 0 Å². The van der Waals surface area contributed by atoms with Crippen LogP contribution in [0.4, 0.5) is 0 Å². The van der Waals surface area contributed by atoms with Gasteiger partial charge in [0.15, 0.2) is 0 Å². The normalized spacial score (nSPS) is 10.2. The van der Waals surface area contributed by atoms with Gasteiger partial charge in [0.1, 0.15) is 0 Å². The van der Waals surface area contributed by atoms with Crippen LogP contribution in [0.3, 0.4) is 0 Å².